The van der Waals surface area contributed by atoms with Crippen LogP contribution in [0.5, 0.6) is 0 Å². The van der Waals surface area contributed by atoms with Crippen LogP contribution in [0.4, 0.5) is 29.5 Å². The molecule has 1 saturated carbocycles. The molecule has 1 aliphatic carbocycles. The molecule has 0 spiro atoms. The average molecular weight is 613 g/mol. The minimum atomic E-state index is -4.81. The molecule has 0 atom stereocenters. The fourth-order valence-corrected chi connectivity index (χ4v) is 7.22. The maximum atomic E-state index is 14.3. The van der Waals surface area contributed by atoms with Gasteiger partial charge in [-0.2, -0.15) is 18.3 Å². The molecule has 2 aromatic heterocycles. The summed E-state index contributed by atoms with van der Waals surface area (Å²) in [5, 5.41) is 13.7. The van der Waals surface area contributed by atoms with Crippen LogP contribution in [0.3, 0.4) is 0 Å². The van der Waals surface area contributed by atoms with E-state index < -0.39 is 28.0 Å². The Labute approximate surface area is 240 Å². The summed E-state index contributed by atoms with van der Waals surface area (Å²) in [5.74, 6) is 0.0751. The van der Waals surface area contributed by atoms with Crippen LogP contribution >= 0.6 is 11.3 Å². The number of hydrogen-bond donors (Lipinski definition) is 3. The Morgan fingerprint density at radius 3 is 2.51 bits per heavy atom. The molecule has 0 radical (unpaired) electrons. The average Bonchev–Trinajstić information content (AvgIpc) is 3.35. The summed E-state index contributed by atoms with van der Waals surface area (Å²) in [4.78, 5) is 15.4. The van der Waals surface area contributed by atoms with Crippen molar-refractivity contribution in [3.8, 4) is 10.4 Å². The smallest absolute Gasteiger partial charge is 0.434 e. The lowest BCUT2D eigenvalue weighted by atomic mass is 9.86. The van der Waals surface area contributed by atoms with Gasteiger partial charge in [-0.3, -0.25) is 0 Å². The van der Waals surface area contributed by atoms with Gasteiger partial charge in [0.15, 0.2) is 11.5 Å². The van der Waals surface area contributed by atoms with Crippen molar-refractivity contribution in [2.45, 2.75) is 75.6 Å². The number of benzene rings is 1. The number of alkyl halides is 3. The Kier molecular flexibility index (Phi) is 9.49. The van der Waals surface area contributed by atoms with Crippen LogP contribution in [-0.4, -0.2) is 48.4 Å². The van der Waals surface area contributed by atoms with Gasteiger partial charge in [0.1, 0.15) is 0 Å². The Morgan fingerprint density at radius 2 is 1.90 bits per heavy atom. The number of anilines is 2. The van der Waals surface area contributed by atoms with Gasteiger partial charge in [-0.15, -0.1) is 16.4 Å². The molecule has 3 N–H and O–H groups in total. The van der Waals surface area contributed by atoms with Crippen molar-refractivity contribution in [1.29, 1.82) is 0 Å². The molecular weight excluding hydrogens is 581 g/mol. The summed E-state index contributed by atoms with van der Waals surface area (Å²) in [6.07, 6.45) is -1.99. The minimum absolute atomic E-state index is 0.0473. The second kappa shape index (κ2) is 12.7. The molecule has 1 amide bonds. The lowest BCUT2D eigenvalue weighted by Gasteiger charge is -2.28. The molecule has 15 heteroatoms. The van der Waals surface area contributed by atoms with Crippen molar-refractivity contribution in [3.63, 3.8) is 0 Å². The maximum absolute atomic E-state index is 14.3. The van der Waals surface area contributed by atoms with E-state index in [1.54, 1.807) is 32.9 Å². The van der Waals surface area contributed by atoms with Gasteiger partial charge in [0, 0.05) is 36.0 Å². The molecule has 0 aliphatic heterocycles. The van der Waals surface area contributed by atoms with Crippen LogP contribution in [0, 0.1) is 0 Å². The maximum Gasteiger partial charge on any atom is 0.434 e. The van der Waals surface area contributed by atoms with E-state index in [1.165, 1.54) is 24.4 Å². The zero-order valence-electron chi connectivity index (χ0n) is 22.7. The van der Waals surface area contributed by atoms with Crippen molar-refractivity contribution < 1.29 is 31.1 Å². The van der Waals surface area contributed by atoms with Crippen molar-refractivity contribution >= 4 is 39.0 Å². The number of alkyl carbamates (subject to hydrolysis) is 1. The van der Waals surface area contributed by atoms with Gasteiger partial charge in [0.2, 0.25) is 10.0 Å². The first kappa shape index (κ1) is 30.7. The first-order valence-corrected chi connectivity index (χ1v) is 15.4. The van der Waals surface area contributed by atoms with Crippen molar-refractivity contribution in [1.82, 2.24) is 25.2 Å². The summed E-state index contributed by atoms with van der Waals surface area (Å²) in [6, 6.07) is 7.21. The number of halogens is 3. The molecular formula is C26H31F3N6O4S2. The Bertz CT molecular complexity index is 1460. The lowest BCUT2D eigenvalue weighted by Crippen LogP contribution is -2.38. The van der Waals surface area contributed by atoms with E-state index in [0.29, 0.717) is 37.2 Å². The van der Waals surface area contributed by atoms with Gasteiger partial charge in [0.05, 0.1) is 20.9 Å². The monoisotopic (exact) mass is 612 g/mol. The van der Waals surface area contributed by atoms with Gasteiger partial charge >= 0.3 is 12.3 Å². The third-order valence-corrected chi connectivity index (χ3v) is 9.18. The predicted octanol–water partition coefficient (Wildman–Crippen LogP) is 5.82. The molecule has 1 aromatic carbocycles. The number of nitrogens with zero attached hydrogens (tertiary/aromatic N) is 3. The molecule has 0 bridgehead atoms. The van der Waals surface area contributed by atoms with Crippen molar-refractivity contribution in [2.24, 2.45) is 0 Å². The Hall–Kier alpha value is -3.30. The van der Waals surface area contributed by atoms with Gasteiger partial charge in [0.25, 0.3) is 0 Å². The topological polar surface area (TPSA) is 135 Å². The van der Waals surface area contributed by atoms with Crippen LogP contribution in [0.15, 0.2) is 41.4 Å². The number of thiazole rings is 1. The lowest BCUT2D eigenvalue weighted by molar-refractivity contribution is -0.140. The van der Waals surface area contributed by atoms with E-state index in [9.17, 15) is 26.4 Å². The van der Waals surface area contributed by atoms with Gasteiger partial charge in [-0.05, 0) is 63.8 Å². The summed E-state index contributed by atoms with van der Waals surface area (Å²) >= 11 is 0.850. The molecule has 41 heavy (non-hydrogen) atoms. The van der Waals surface area contributed by atoms with Gasteiger partial charge < -0.3 is 15.4 Å². The normalized spacial score (nSPS) is 17.8. The number of carbonyl (C=O) groups excluding carboxylic acids is 1. The number of amides is 1. The standard InChI is InChI=1S/C26H31F3N6O4S2/c1-4-31-41(37,38)20-14-18(32-21-6-5-13-30-35-21)11-12-19(20)22-23(26(27,28)29)34-24(40-22)16-7-9-17(10-8-16)33-25(36)39-15(2)3/h5-6,11-17,31H,4,7-10H2,1-3H3,(H,32,35)(H,33,36)/t16-,17-. The quantitative estimate of drug-likeness (QED) is 0.275. The molecule has 1 fully saturated rings. The number of sulfonamides is 1. The molecule has 10 nitrogen and oxygen atoms in total. The molecule has 222 valence electrons. The first-order valence-electron chi connectivity index (χ1n) is 13.1. The number of aromatic nitrogens is 3. The van der Waals surface area contributed by atoms with E-state index in [4.69, 9.17) is 4.74 Å². The SMILES string of the molecule is CCNS(=O)(=O)c1cc(Nc2cccnn2)ccc1-c1sc([C@H]2CC[C@H](NC(=O)OC(C)C)CC2)nc1C(F)(F)F. The van der Waals surface area contributed by atoms with E-state index in [-0.39, 0.29) is 45.0 Å². The van der Waals surface area contributed by atoms with E-state index in [2.05, 4.69) is 30.5 Å². The fourth-order valence-electron chi connectivity index (χ4n) is 4.58. The van der Waals surface area contributed by atoms with E-state index in [0.717, 1.165) is 11.3 Å². The van der Waals surface area contributed by atoms with Crippen LogP contribution in [0.25, 0.3) is 10.4 Å². The highest BCUT2D eigenvalue weighted by molar-refractivity contribution is 7.89. The summed E-state index contributed by atoms with van der Waals surface area (Å²) in [6.45, 7) is 5.11. The minimum Gasteiger partial charge on any atom is -0.447 e. The van der Waals surface area contributed by atoms with Crippen LogP contribution < -0.4 is 15.4 Å². The summed E-state index contributed by atoms with van der Waals surface area (Å²) in [5.41, 5.74) is -0.912. The first-order chi connectivity index (χ1) is 19.4. The number of hydrogen-bond acceptors (Lipinski definition) is 9. The fraction of sp³-hybridized carbons (Fsp3) is 0.462. The second-order valence-electron chi connectivity index (χ2n) is 9.82. The summed E-state index contributed by atoms with van der Waals surface area (Å²) < 4.78 is 76.6. The molecule has 0 saturated heterocycles. The number of nitrogens with one attached hydrogen (secondary N) is 3. The zero-order valence-corrected chi connectivity index (χ0v) is 24.3. The predicted molar refractivity (Wildman–Crippen MR) is 148 cm³/mol. The Balaban J connectivity index is 1.67. The number of carbonyl (C=O) groups is 1. The largest absolute Gasteiger partial charge is 0.447 e. The van der Waals surface area contributed by atoms with E-state index in [1.807, 2.05) is 0 Å². The Morgan fingerprint density at radius 1 is 1.17 bits per heavy atom. The summed E-state index contributed by atoms with van der Waals surface area (Å²) in [7, 11) is -4.18. The van der Waals surface area contributed by atoms with Crippen LogP contribution in [-0.2, 0) is 20.9 Å². The third-order valence-electron chi connectivity index (χ3n) is 6.35. The molecule has 4 rings (SSSR count). The second-order valence-corrected chi connectivity index (χ2v) is 12.6. The number of ether oxygens (including phenoxy) is 1. The van der Waals surface area contributed by atoms with Gasteiger partial charge in [-0.1, -0.05) is 13.0 Å². The molecule has 3 aromatic rings. The highest BCUT2D eigenvalue weighted by atomic mass is 32.2. The molecule has 1 aliphatic rings. The molecule has 0 unspecified atom stereocenters. The zero-order chi connectivity index (χ0) is 29.8. The third kappa shape index (κ3) is 7.71. The van der Waals surface area contributed by atoms with Crippen LogP contribution in [0.1, 0.15) is 63.1 Å². The van der Waals surface area contributed by atoms with Crippen molar-refractivity contribution in [2.75, 3.05) is 11.9 Å². The van der Waals surface area contributed by atoms with Crippen LogP contribution in [0.2, 0.25) is 0 Å². The molecule has 2 heterocycles. The highest BCUT2D eigenvalue weighted by Crippen LogP contribution is 2.46. The van der Waals surface area contributed by atoms with E-state index >= 15 is 0 Å². The van der Waals surface area contributed by atoms with Crippen molar-refractivity contribution in [3.05, 3.63) is 47.2 Å². The highest BCUT2D eigenvalue weighted by Gasteiger charge is 2.40. The number of rotatable bonds is 9. The van der Waals surface area contributed by atoms with Gasteiger partial charge in [-0.25, -0.2) is 22.9 Å².